The number of benzene rings is 1. The number of rotatable bonds is 6. The van der Waals surface area contributed by atoms with Gasteiger partial charge in [-0.1, -0.05) is 37.3 Å². The molecule has 2 amide bonds. The molecule has 0 radical (unpaired) electrons. The number of carbonyl (C=O) groups is 2. The second kappa shape index (κ2) is 8.00. The van der Waals surface area contributed by atoms with Gasteiger partial charge in [0, 0.05) is 51.1 Å². The van der Waals surface area contributed by atoms with E-state index in [-0.39, 0.29) is 23.8 Å². The van der Waals surface area contributed by atoms with E-state index in [2.05, 4.69) is 48.3 Å². The fraction of sp³-hybridized carbons (Fsp3) is 0.600. The zero-order chi connectivity index (χ0) is 17.8. The van der Waals surface area contributed by atoms with Crippen molar-refractivity contribution >= 4 is 11.8 Å². The smallest absolute Gasteiger partial charge is 0.224 e. The molecule has 0 aromatic heterocycles. The third kappa shape index (κ3) is 4.82. The Balaban J connectivity index is 1.40. The molecule has 1 saturated carbocycles. The SMILES string of the molecule is CC1CC1C(=O)NCCC(=O)N1CCN(Cc2ccccc2)CC1C. The van der Waals surface area contributed by atoms with Gasteiger partial charge in [0.05, 0.1) is 0 Å². The van der Waals surface area contributed by atoms with Gasteiger partial charge >= 0.3 is 0 Å². The minimum atomic E-state index is 0.112. The average Bonchev–Trinajstić information content (AvgIpc) is 3.32. The predicted molar refractivity (Wildman–Crippen MR) is 97.8 cm³/mol. The van der Waals surface area contributed by atoms with Crippen LogP contribution in [0.5, 0.6) is 0 Å². The number of piperazine rings is 1. The first-order chi connectivity index (χ1) is 12.0. The van der Waals surface area contributed by atoms with Crippen LogP contribution in [0.2, 0.25) is 0 Å². The highest BCUT2D eigenvalue weighted by molar-refractivity contribution is 5.82. The Bertz CT molecular complexity index is 604. The van der Waals surface area contributed by atoms with E-state index in [0.717, 1.165) is 32.6 Å². The van der Waals surface area contributed by atoms with Crippen LogP contribution in [0.25, 0.3) is 0 Å². The van der Waals surface area contributed by atoms with E-state index in [1.165, 1.54) is 5.56 Å². The van der Waals surface area contributed by atoms with Crippen LogP contribution >= 0.6 is 0 Å². The maximum Gasteiger partial charge on any atom is 0.224 e. The Kier molecular flexibility index (Phi) is 5.74. The fourth-order valence-corrected chi connectivity index (χ4v) is 3.64. The number of hydrogen-bond donors (Lipinski definition) is 1. The zero-order valence-electron chi connectivity index (χ0n) is 15.3. The summed E-state index contributed by atoms with van der Waals surface area (Å²) in [6.45, 7) is 8.15. The number of nitrogens with zero attached hydrogens (tertiary/aromatic N) is 2. The molecule has 1 N–H and O–H groups in total. The summed E-state index contributed by atoms with van der Waals surface area (Å²) in [5.74, 6) is 0.945. The highest BCUT2D eigenvalue weighted by atomic mass is 16.2. The molecular weight excluding hydrogens is 314 g/mol. The fourth-order valence-electron chi connectivity index (χ4n) is 3.64. The lowest BCUT2D eigenvalue weighted by atomic mass is 10.1. The van der Waals surface area contributed by atoms with E-state index in [4.69, 9.17) is 0 Å². The van der Waals surface area contributed by atoms with Gasteiger partial charge in [-0.15, -0.1) is 0 Å². The molecule has 25 heavy (non-hydrogen) atoms. The molecule has 3 atom stereocenters. The van der Waals surface area contributed by atoms with Crippen LogP contribution in [0.15, 0.2) is 30.3 Å². The Labute approximate surface area is 150 Å². The van der Waals surface area contributed by atoms with E-state index in [1.54, 1.807) is 0 Å². The summed E-state index contributed by atoms with van der Waals surface area (Å²) in [7, 11) is 0. The van der Waals surface area contributed by atoms with Crippen LogP contribution in [-0.2, 0) is 16.1 Å². The maximum absolute atomic E-state index is 12.5. The minimum Gasteiger partial charge on any atom is -0.355 e. The quantitative estimate of drug-likeness (QED) is 0.858. The van der Waals surface area contributed by atoms with Crippen LogP contribution < -0.4 is 5.32 Å². The standard InChI is InChI=1S/C20H29N3O2/c1-15-12-18(15)20(25)21-9-8-19(24)23-11-10-22(13-16(23)2)14-17-6-4-3-5-7-17/h3-7,15-16,18H,8-14H2,1-2H3,(H,21,25). The third-order valence-corrected chi connectivity index (χ3v) is 5.37. The molecule has 3 rings (SSSR count). The van der Waals surface area contributed by atoms with Gasteiger partial charge in [0.2, 0.25) is 11.8 Å². The molecule has 1 heterocycles. The summed E-state index contributed by atoms with van der Waals surface area (Å²) in [6, 6.07) is 10.7. The van der Waals surface area contributed by atoms with Crippen LogP contribution in [0.4, 0.5) is 0 Å². The summed E-state index contributed by atoms with van der Waals surface area (Å²) < 4.78 is 0. The van der Waals surface area contributed by atoms with Gasteiger partial charge in [0.1, 0.15) is 0 Å². The second-order valence-electron chi connectivity index (χ2n) is 7.52. The molecule has 5 heteroatoms. The largest absolute Gasteiger partial charge is 0.355 e. The van der Waals surface area contributed by atoms with Crippen molar-refractivity contribution in [2.24, 2.45) is 11.8 Å². The Hall–Kier alpha value is -1.88. The molecule has 3 unspecified atom stereocenters. The summed E-state index contributed by atoms with van der Waals surface area (Å²) in [4.78, 5) is 28.6. The van der Waals surface area contributed by atoms with E-state index in [9.17, 15) is 9.59 Å². The lowest BCUT2D eigenvalue weighted by molar-refractivity contribution is -0.135. The van der Waals surface area contributed by atoms with Crippen LogP contribution in [0.3, 0.4) is 0 Å². The predicted octanol–water partition coefficient (Wildman–Crippen LogP) is 1.88. The van der Waals surface area contributed by atoms with Crippen LogP contribution in [-0.4, -0.2) is 53.8 Å². The molecule has 1 aliphatic heterocycles. The number of hydrogen-bond acceptors (Lipinski definition) is 3. The van der Waals surface area contributed by atoms with Crippen molar-refractivity contribution in [2.75, 3.05) is 26.2 Å². The average molecular weight is 343 g/mol. The van der Waals surface area contributed by atoms with Gasteiger partial charge in [-0.2, -0.15) is 0 Å². The normalized spacial score (nSPS) is 26.3. The van der Waals surface area contributed by atoms with Gasteiger partial charge in [-0.3, -0.25) is 14.5 Å². The molecule has 1 aromatic carbocycles. The second-order valence-corrected chi connectivity index (χ2v) is 7.52. The van der Waals surface area contributed by atoms with Crippen molar-refractivity contribution in [3.8, 4) is 0 Å². The molecule has 0 spiro atoms. The van der Waals surface area contributed by atoms with Gasteiger partial charge in [0.25, 0.3) is 0 Å². The van der Waals surface area contributed by atoms with E-state index < -0.39 is 0 Å². The molecule has 136 valence electrons. The van der Waals surface area contributed by atoms with Crippen molar-refractivity contribution in [1.29, 1.82) is 0 Å². The lowest BCUT2D eigenvalue weighted by Gasteiger charge is -2.40. The van der Waals surface area contributed by atoms with Crippen LogP contribution in [0, 0.1) is 11.8 Å². The van der Waals surface area contributed by atoms with E-state index in [0.29, 0.717) is 18.9 Å². The topological polar surface area (TPSA) is 52.7 Å². The summed E-state index contributed by atoms with van der Waals surface area (Å²) in [5.41, 5.74) is 1.31. The minimum absolute atomic E-state index is 0.112. The Morgan fingerprint density at radius 1 is 1.16 bits per heavy atom. The highest BCUT2D eigenvalue weighted by Crippen LogP contribution is 2.37. The molecule has 1 saturated heterocycles. The first kappa shape index (κ1) is 17.9. The van der Waals surface area contributed by atoms with Gasteiger partial charge in [0.15, 0.2) is 0 Å². The summed E-state index contributed by atoms with van der Waals surface area (Å²) >= 11 is 0. The van der Waals surface area contributed by atoms with Gasteiger partial charge in [-0.05, 0) is 24.8 Å². The molecular formula is C20H29N3O2. The third-order valence-electron chi connectivity index (χ3n) is 5.37. The zero-order valence-corrected chi connectivity index (χ0v) is 15.3. The van der Waals surface area contributed by atoms with Crippen molar-refractivity contribution in [3.05, 3.63) is 35.9 Å². The number of amides is 2. The molecule has 1 aromatic rings. The van der Waals surface area contributed by atoms with E-state index in [1.807, 2.05) is 11.0 Å². The first-order valence-corrected chi connectivity index (χ1v) is 9.38. The lowest BCUT2D eigenvalue weighted by Crippen LogP contribution is -2.54. The van der Waals surface area contributed by atoms with Crippen LogP contribution in [0.1, 0.15) is 32.3 Å². The van der Waals surface area contributed by atoms with Gasteiger partial charge in [-0.25, -0.2) is 0 Å². The molecule has 1 aliphatic carbocycles. The Morgan fingerprint density at radius 3 is 2.52 bits per heavy atom. The molecule has 5 nitrogen and oxygen atoms in total. The summed E-state index contributed by atoms with van der Waals surface area (Å²) in [5, 5.41) is 2.90. The Morgan fingerprint density at radius 2 is 1.88 bits per heavy atom. The number of carbonyl (C=O) groups excluding carboxylic acids is 2. The monoisotopic (exact) mass is 343 g/mol. The van der Waals surface area contributed by atoms with Gasteiger partial charge < -0.3 is 10.2 Å². The summed E-state index contributed by atoms with van der Waals surface area (Å²) in [6.07, 6.45) is 1.38. The highest BCUT2D eigenvalue weighted by Gasteiger charge is 2.38. The number of nitrogens with one attached hydrogen (secondary N) is 1. The molecule has 2 fully saturated rings. The van der Waals surface area contributed by atoms with Crippen molar-refractivity contribution < 1.29 is 9.59 Å². The first-order valence-electron chi connectivity index (χ1n) is 9.38. The van der Waals surface area contributed by atoms with Crippen molar-refractivity contribution in [1.82, 2.24) is 15.1 Å². The maximum atomic E-state index is 12.5. The molecule has 0 bridgehead atoms. The van der Waals surface area contributed by atoms with Crippen molar-refractivity contribution in [3.63, 3.8) is 0 Å². The van der Waals surface area contributed by atoms with Crippen molar-refractivity contribution in [2.45, 2.75) is 39.3 Å². The molecule has 2 aliphatic rings. The van der Waals surface area contributed by atoms with E-state index >= 15 is 0 Å².